The van der Waals surface area contributed by atoms with Crippen molar-refractivity contribution < 1.29 is 0 Å². The van der Waals surface area contributed by atoms with E-state index >= 15 is 0 Å². The van der Waals surface area contributed by atoms with E-state index in [9.17, 15) is 9.59 Å². The zero-order chi connectivity index (χ0) is 23.9. The molecule has 0 unspecified atom stereocenters. The first-order chi connectivity index (χ1) is 16.2. The molecule has 0 aliphatic heterocycles. The highest BCUT2D eigenvalue weighted by Crippen LogP contribution is 2.10. The second-order valence-electron chi connectivity index (χ2n) is 8.79. The first kappa shape index (κ1) is 26.8. The number of fused-ring (bicyclic) bond motifs is 1. The third-order valence-corrected chi connectivity index (χ3v) is 6.21. The minimum atomic E-state index is -0.384. The summed E-state index contributed by atoms with van der Waals surface area (Å²) in [4.78, 5) is 29.7. The molecule has 2 rings (SSSR count). The van der Waals surface area contributed by atoms with Crippen LogP contribution in [0.15, 0.2) is 29.1 Å². The molecule has 0 spiro atoms. The molecule has 0 saturated heterocycles. The number of unbranched alkanes of at least 4 members (excludes halogenated alkanes) is 11. The van der Waals surface area contributed by atoms with Crippen LogP contribution in [0.4, 0.5) is 0 Å². The molecule has 0 saturated carbocycles. The second kappa shape index (κ2) is 15.4. The van der Waals surface area contributed by atoms with Gasteiger partial charge < -0.3 is 9.88 Å². The Kier molecular flexibility index (Phi) is 12.6. The van der Waals surface area contributed by atoms with Crippen LogP contribution in [0.25, 0.3) is 23.6 Å². The number of nitrogens with zero attached hydrogens (tertiary/aromatic N) is 4. The van der Waals surface area contributed by atoms with Gasteiger partial charge in [0.15, 0.2) is 11.2 Å². The van der Waals surface area contributed by atoms with Crippen LogP contribution >= 0.6 is 0 Å². The van der Waals surface area contributed by atoms with Gasteiger partial charge in [0.1, 0.15) is 6.33 Å². The Morgan fingerprint density at radius 2 is 1.42 bits per heavy atom. The molecular weight excluding hydrogens is 414 g/mol. The Labute approximate surface area is 198 Å². The van der Waals surface area contributed by atoms with E-state index in [0.29, 0.717) is 17.7 Å². The van der Waals surface area contributed by atoms with Crippen molar-refractivity contribution in [3.63, 3.8) is 0 Å². The predicted octanol–water partition coefficient (Wildman–Crippen LogP) is 5.24. The Bertz CT molecular complexity index is 969. The number of aromatic nitrogens is 4. The largest absolute Gasteiger partial charge is 0.336 e. The standard InChI is InChI=1S/C26H43N5O2/c1-4-7-8-9-13-16-19-27-20-17-14-11-10-12-15-18-21-31-25(32)23-24(28-22-29(23)5-2)30(6-3)26(31)33/h5-6,22,27H,2-4,7-21H2,1H3. The lowest BCUT2D eigenvalue weighted by atomic mass is 10.1. The molecule has 2 aromatic rings. The van der Waals surface area contributed by atoms with Crippen LogP contribution in [0.2, 0.25) is 0 Å². The van der Waals surface area contributed by atoms with Crippen LogP contribution in [0, 0.1) is 0 Å². The molecule has 7 nitrogen and oxygen atoms in total. The van der Waals surface area contributed by atoms with E-state index in [4.69, 9.17) is 0 Å². The van der Waals surface area contributed by atoms with E-state index in [1.54, 1.807) is 4.57 Å². The van der Waals surface area contributed by atoms with Gasteiger partial charge in [-0.25, -0.2) is 9.78 Å². The Morgan fingerprint density at radius 3 is 2.00 bits per heavy atom. The van der Waals surface area contributed by atoms with E-state index in [1.165, 1.54) is 92.1 Å². The molecule has 33 heavy (non-hydrogen) atoms. The summed E-state index contributed by atoms with van der Waals surface area (Å²) in [6.45, 7) is 12.3. The lowest BCUT2D eigenvalue weighted by molar-refractivity contribution is 0.516. The number of imidazole rings is 1. The molecule has 0 atom stereocenters. The molecule has 0 radical (unpaired) electrons. The molecule has 0 aliphatic carbocycles. The van der Waals surface area contributed by atoms with Crippen molar-refractivity contribution in [2.45, 2.75) is 96.9 Å². The molecule has 7 heteroatoms. The zero-order valence-corrected chi connectivity index (χ0v) is 20.6. The van der Waals surface area contributed by atoms with Crippen molar-refractivity contribution in [1.29, 1.82) is 0 Å². The van der Waals surface area contributed by atoms with E-state index in [0.717, 1.165) is 32.4 Å². The van der Waals surface area contributed by atoms with E-state index in [2.05, 4.69) is 30.4 Å². The van der Waals surface area contributed by atoms with Gasteiger partial charge in [0.25, 0.3) is 5.56 Å². The third-order valence-electron chi connectivity index (χ3n) is 6.21. The summed E-state index contributed by atoms with van der Waals surface area (Å²) < 4.78 is 4.18. The van der Waals surface area contributed by atoms with Crippen molar-refractivity contribution in [3.8, 4) is 0 Å². The fraction of sp³-hybridized carbons (Fsp3) is 0.654. The van der Waals surface area contributed by atoms with Crippen LogP contribution in [-0.4, -0.2) is 31.8 Å². The molecule has 1 N–H and O–H groups in total. The topological polar surface area (TPSA) is 73.8 Å². The van der Waals surface area contributed by atoms with Crippen molar-refractivity contribution in [3.05, 3.63) is 40.3 Å². The molecule has 0 aromatic carbocycles. The lowest BCUT2D eigenvalue weighted by Crippen LogP contribution is -2.39. The molecule has 0 bridgehead atoms. The van der Waals surface area contributed by atoms with Gasteiger partial charge in [0.05, 0.1) is 0 Å². The van der Waals surface area contributed by atoms with Gasteiger partial charge >= 0.3 is 5.69 Å². The van der Waals surface area contributed by atoms with Crippen molar-refractivity contribution in [1.82, 2.24) is 24.0 Å². The predicted molar refractivity (Wildman–Crippen MR) is 140 cm³/mol. The first-order valence-electron chi connectivity index (χ1n) is 12.8. The fourth-order valence-corrected chi connectivity index (χ4v) is 4.23. The minimum absolute atomic E-state index is 0.317. The van der Waals surface area contributed by atoms with E-state index in [-0.39, 0.29) is 11.2 Å². The number of nitrogens with one attached hydrogen (secondary N) is 1. The van der Waals surface area contributed by atoms with Gasteiger partial charge in [0, 0.05) is 18.9 Å². The summed E-state index contributed by atoms with van der Waals surface area (Å²) >= 11 is 0. The Balaban J connectivity index is 1.60. The number of hydrogen-bond donors (Lipinski definition) is 1. The molecule has 2 aromatic heterocycles. The molecule has 184 valence electrons. The average Bonchev–Trinajstić information content (AvgIpc) is 3.25. The lowest BCUT2D eigenvalue weighted by Gasteiger charge is -2.09. The highest BCUT2D eigenvalue weighted by atomic mass is 16.2. The quantitative estimate of drug-likeness (QED) is 0.293. The van der Waals surface area contributed by atoms with Crippen LogP contribution in [0.5, 0.6) is 0 Å². The van der Waals surface area contributed by atoms with Gasteiger partial charge in [0.2, 0.25) is 0 Å². The highest BCUT2D eigenvalue weighted by molar-refractivity contribution is 5.74. The normalized spacial score (nSPS) is 11.3. The fourth-order valence-electron chi connectivity index (χ4n) is 4.23. The van der Waals surface area contributed by atoms with Gasteiger partial charge in [-0.2, -0.15) is 0 Å². The summed E-state index contributed by atoms with van der Waals surface area (Å²) in [6, 6.07) is 0. The summed E-state index contributed by atoms with van der Waals surface area (Å²) in [7, 11) is 0. The van der Waals surface area contributed by atoms with Gasteiger partial charge in [-0.1, -0.05) is 84.3 Å². The first-order valence-corrected chi connectivity index (χ1v) is 12.8. The molecule has 0 aliphatic rings. The Hall–Kier alpha value is -2.41. The Morgan fingerprint density at radius 1 is 0.848 bits per heavy atom. The average molecular weight is 458 g/mol. The summed E-state index contributed by atoms with van der Waals surface area (Å²) in [5.41, 5.74) is -0.0311. The van der Waals surface area contributed by atoms with Crippen molar-refractivity contribution >= 4 is 23.6 Å². The minimum Gasteiger partial charge on any atom is -0.317 e. The molecule has 0 fully saturated rings. The summed E-state index contributed by atoms with van der Waals surface area (Å²) in [5, 5.41) is 3.56. The van der Waals surface area contributed by atoms with Crippen molar-refractivity contribution in [2.75, 3.05) is 13.1 Å². The monoisotopic (exact) mass is 457 g/mol. The van der Waals surface area contributed by atoms with E-state index in [1.807, 2.05) is 0 Å². The van der Waals surface area contributed by atoms with E-state index < -0.39 is 0 Å². The number of hydrogen-bond acceptors (Lipinski definition) is 4. The van der Waals surface area contributed by atoms with Crippen molar-refractivity contribution in [2.24, 2.45) is 0 Å². The second-order valence-corrected chi connectivity index (χ2v) is 8.79. The van der Waals surface area contributed by atoms with Crippen LogP contribution < -0.4 is 16.6 Å². The maximum absolute atomic E-state index is 12.9. The van der Waals surface area contributed by atoms with Gasteiger partial charge in [-0.15, -0.1) is 0 Å². The third kappa shape index (κ3) is 8.14. The SMILES string of the molecule is C=Cn1cnc2c1c(=O)n(CCCCCCCCCNCCCCCCCC)c(=O)n2C=C. The van der Waals surface area contributed by atoms with Gasteiger partial charge in [-0.3, -0.25) is 13.9 Å². The van der Waals surface area contributed by atoms with Gasteiger partial charge in [-0.05, 0) is 32.4 Å². The zero-order valence-electron chi connectivity index (χ0n) is 20.6. The number of rotatable bonds is 19. The highest BCUT2D eigenvalue weighted by Gasteiger charge is 2.15. The van der Waals surface area contributed by atoms with Crippen LogP contribution in [0.3, 0.4) is 0 Å². The maximum Gasteiger partial charge on any atom is 0.336 e. The van der Waals surface area contributed by atoms with Crippen LogP contribution in [-0.2, 0) is 6.54 Å². The summed E-state index contributed by atoms with van der Waals surface area (Å²) in [5.74, 6) is 0. The summed E-state index contributed by atoms with van der Waals surface area (Å²) in [6.07, 6.45) is 20.4. The molecule has 0 amide bonds. The van der Waals surface area contributed by atoms with Crippen LogP contribution in [0.1, 0.15) is 90.4 Å². The molecular formula is C26H43N5O2. The smallest absolute Gasteiger partial charge is 0.317 e. The maximum atomic E-state index is 12.9. The molecule has 2 heterocycles.